The minimum atomic E-state index is 0.113. The summed E-state index contributed by atoms with van der Waals surface area (Å²) in [7, 11) is 0. The molecule has 0 aliphatic carbocycles. The molecule has 0 fully saturated rings. The molecule has 0 spiro atoms. The Balaban J connectivity index is 2.07. The van der Waals surface area contributed by atoms with Crippen molar-refractivity contribution in [1.82, 2.24) is 20.5 Å². The van der Waals surface area contributed by atoms with E-state index < -0.39 is 0 Å². The van der Waals surface area contributed by atoms with Crippen molar-refractivity contribution in [3.63, 3.8) is 0 Å². The van der Waals surface area contributed by atoms with Crippen LogP contribution >= 0.6 is 0 Å². The molecule has 0 radical (unpaired) electrons. The molecule has 0 saturated carbocycles. The number of terminal acetylenes is 1. The number of H-pyrrole nitrogens is 1. The standard InChI is InChI=1S/C15H18N4/c1-3-6-14(4-2)17-10-13-11-18-19-15(13)12-7-5-8-16-9-12/h2,5,7-9,11,14,17H,3,6,10H2,1H3,(H,18,19). The van der Waals surface area contributed by atoms with Crippen LogP contribution in [0, 0.1) is 12.3 Å². The number of rotatable bonds is 6. The molecule has 1 atom stereocenters. The van der Waals surface area contributed by atoms with E-state index in [4.69, 9.17) is 6.42 Å². The van der Waals surface area contributed by atoms with Gasteiger partial charge in [-0.05, 0) is 18.6 Å². The smallest absolute Gasteiger partial charge is 0.0710 e. The van der Waals surface area contributed by atoms with Gasteiger partial charge >= 0.3 is 0 Å². The van der Waals surface area contributed by atoms with Crippen LogP contribution in [-0.4, -0.2) is 21.2 Å². The molecule has 2 N–H and O–H groups in total. The Labute approximate surface area is 113 Å². The summed E-state index contributed by atoms with van der Waals surface area (Å²) in [5.41, 5.74) is 3.13. The van der Waals surface area contributed by atoms with E-state index in [1.807, 2.05) is 24.5 Å². The Hall–Kier alpha value is -2.12. The van der Waals surface area contributed by atoms with Crippen molar-refractivity contribution in [2.75, 3.05) is 0 Å². The molecular weight excluding hydrogens is 236 g/mol. The molecule has 4 heteroatoms. The van der Waals surface area contributed by atoms with Gasteiger partial charge in [0.2, 0.25) is 0 Å². The summed E-state index contributed by atoms with van der Waals surface area (Å²) in [6.45, 7) is 2.83. The number of hydrogen-bond donors (Lipinski definition) is 2. The van der Waals surface area contributed by atoms with Crippen molar-refractivity contribution in [2.45, 2.75) is 32.4 Å². The molecule has 4 nitrogen and oxygen atoms in total. The predicted octanol–water partition coefficient (Wildman–Crippen LogP) is 2.36. The summed E-state index contributed by atoms with van der Waals surface area (Å²) in [5, 5.41) is 10.5. The molecule has 0 bridgehead atoms. The maximum atomic E-state index is 5.50. The lowest BCUT2D eigenvalue weighted by Gasteiger charge is -2.11. The monoisotopic (exact) mass is 254 g/mol. The Morgan fingerprint density at radius 1 is 1.47 bits per heavy atom. The van der Waals surface area contributed by atoms with Crippen molar-refractivity contribution >= 4 is 0 Å². The highest BCUT2D eigenvalue weighted by Crippen LogP contribution is 2.19. The van der Waals surface area contributed by atoms with E-state index in [9.17, 15) is 0 Å². The van der Waals surface area contributed by atoms with Crippen molar-refractivity contribution in [1.29, 1.82) is 0 Å². The third kappa shape index (κ3) is 3.43. The van der Waals surface area contributed by atoms with Gasteiger partial charge in [0.1, 0.15) is 0 Å². The number of aromatic amines is 1. The van der Waals surface area contributed by atoms with Gasteiger partial charge in [-0.25, -0.2) is 0 Å². The molecule has 0 aromatic carbocycles. The molecule has 0 saturated heterocycles. The summed E-state index contributed by atoms with van der Waals surface area (Å²) in [5.74, 6) is 2.77. The highest BCUT2D eigenvalue weighted by Gasteiger charge is 2.09. The van der Waals surface area contributed by atoms with Gasteiger partial charge in [-0.15, -0.1) is 6.42 Å². The normalized spacial score (nSPS) is 12.0. The van der Waals surface area contributed by atoms with Crippen LogP contribution in [-0.2, 0) is 6.54 Å². The molecule has 1 unspecified atom stereocenters. The molecule has 2 heterocycles. The van der Waals surface area contributed by atoms with E-state index in [2.05, 4.69) is 33.3 Å². The molecule has 0 amide bonds. The topological polar surface area (TPSA) is 53.6 Å². The van der Waals surface area contributed by atoms with Crippen molar-refractivity contribution in [2.24, 2.45) is 0 Å². The third-order valence-electron chi connectivity index (χ3n) is 2.99. The lowest BCUT2D eigenvalue weighted by molar-refractivity contribution is 0.563. The maximum absolute atomic E-state index is 5.50. The zero-order valence-electron chi connectivity index (χ0n) is 11.1. The van der Waals surface area contributed by atoms with Crippen LogP contribution in [0.3, 0.4) is 0 Å². The fourth-order valence-electron chi connectivity index (χ4n) is 1.97. The number of aromatic nitrogens is 3. The number of pyridine rings is 1. The van der Waals surface area contributed by atoms with Gasteiger partial charge < -0.3 is 0 Å². The first kappa shape index (κ1) is 13.3. The van der Waals surface area contributed by atoms with E-state index >= 15 is 0 Å². The minimum Gasteiger partial charge on any atom is -0.299 e. The molecule has 2 aromatic heterocycles. The fourth-order valence-corrected chi connectivity index (χ4v) is 1.97. The van der Waals surface area contributed by atoms with Gasteiger partial charge in [0.05, 0.1) is 17.9 Å². The van der Waals surface area contributed by atoms with E-state index in [0.717, 1.165) is 29.7 Å². The highest BCUT2D eigenvalue weighted by molar-refractivity contribution is 5.61. The quantitative estimate of drug-likeness (QED) is 0.778. The first-order valence-electron chi connectivity index (χ1n) is 6.47. The number of nitrogens with one attached hydrogen (secondary N) is 2. The first-order chi connectivity index (χ1) is 9.35. The molecule has 19 heavy (non-hydrogen) atoms. The van der Waals surface area contributed by atoms with Crippen LogP contribution in [0.5, 0.6) is 0 Å². The Morgan fingerprint density at radius 3 is 3.05 bits per heavy atom. The van der Waals surface area contributed by atoms with E-state index in [1.165, 1.54) is 0 Å². The van der Waals surface area contributed by atoms with Crippen molar-refractivity contribution < 1.29 is 0 Å². The molecule has 2 rings (SSSR count). The fraction of sp³-hybridized carbons (Fsp3) is 0.333. The molecule has 2 aromatic rings. The summed E-state index contributed by atoms with van der Waals surface area (Å²) in [6, 6.07) is 4.03. The van der Waals surface area contributed by atoms with Crippen LogP contribution in [0.4, 0.5) is 0 Å². The SMILES string of the molecule is C#CC(CCC)NCc1cn[nH]c1-c1cccnc1. The Bertz CT molecular complexity index is 539. The van der Waals surface area contributed by atoms with Crippen molar-refractivity contribution in [3.05, 3.63) is 36.3 Å². The van der Waals surface area contributed by atoms with Gasteiger partial charge in [-0.1, -0.05) is 19.3 Å². The average molecular weight is 254 g/mol. The zero-order chi connectivity index (χ0) is 13.5. The van der Waals surface area contributed by atoms with Gasteiger partial charge in [-0.2, -0.15) is 5.10 Å². The molecule has 0 aliphatic rings. The predicted molar refractivity (Wildman–Crippen MR) is 76.2 cm³/mol. The highest BCUT2D eigenvalue weighted by atomic mass is 15.1. The average Bonchev–Trinajstić information content (AvgIpc) is 2.93. The largest absolute Gasteiger partial charge is 0.299 e. The molecule has 98 valence electrons. The lowest BCUT2D eigenvalue weighted by Crippen LogP contribution is -2.26. The first-order valence-corrected chi connectivity index (χ1v) is 6.47. The Kier molecular flexibility index (Phi) is 4.71. The Morgan fingerprint density at radius 2 is 2.37 bits per heavy atom. The van der Waals surface area contributed by atoms with Gasteiger partial charge in [0, 0.05) is 30.1 Å². The summed E-state index contributed by atoms with van der Waals surface area (Å²) >= 11 is 0. The summed E-state index contributed by atoms with van der Waals surface area (Å²) in [6.07, 6.45) is 13.0. The van der Waals surface area contributed by atoms with Crippen LogP contribution in [0.15, 0.2) is 30.7 Å². The van der Waals surface area contributed by atoms with E-state index in [-0.39, 0.29) is 6.04 Å². The second-order valence-electron chi connectivity index (χ2n) is 4.40. The lowest BCUT2D eigenvalue weighted by atomic mass is 10.1. The van der Waals surface area contributed by atoms with E-state index in [1.54, 1.807) is 6.20 Å². The molecule has 0 aliphatic heterocycles. The van der Waals surface area contributed by atoms with Crippen LogP contribution in [0.25, 0.3) is 11.3 Å². The maximum Gasteiger partial charge on any atom is 0.0710 e. The number of nitrogens with zero attached hydrogens (tertiary/aromatic N) is 2. The van der Waals surface area contributed by atoms with Gasteiger partial charge in [0.25, 0.3) is 0 Å². The minimum absolute atomic E-state index is 0.113. The zero-order valence-corrected chi connectivity index (χ0v) is 11.1. The van der Waals surface area contributed by atoms with Crippen molar-refractivity contribution in [3.8, 4) is 23.6 Å². The molecular formula is C15H18N4. The third-order valence-corrected chi connectivity index (χ3v) is 2.99. The second kappa shape index (κ2) is 6.72. The van der Waals surface area contributed by atoms with Crippen LogP contribution in [0.2, 0.25) is 0 Å². The summed E-state index contributed by atoms with van der Waals surface area (Å²) in [4.78, 5) is 4.12. The van der Waals surface area contributed by atoms with Gasteiger partial charge in [0.15, 0.2) is 0 Å². The van der Waals surface area contributed by atoms with E-state index in [0.29, 0.717) is 6.54 Å². The second-order valence-corrected chi connectivity index (χ2v) is 4.40. The van der Waals surface area contributed by atoms with Gasteiger partial charge in [-0.3, -0.25) is 15.4 Å². The number of hydrogen-bond acceptors (Lipinski definition) is 3. The summed E-state index contributed by atoms with van der Waals surface area (Å²) < 4.78 is 0. The van der Waals surface area contributed by atoms with Crippen LogP contribution < -0.4 is 5.32 Å². The van der Waals surface area contributed by atoms with Crippen LogP contribution in [0.1, 0.15) is 25.3 Å².